The van der Waals surface area contributed by atoms with Crippen LogP contribution in [-0.4, -0.2) is 18.1 Å². The van der Waals surface area contributed by atoms with Gasteiger partial charge in [0.05, 0.1) is 18.1 Å². The maximum absolute atomic E-state index is 11.3. The van der Waals surface area contributed by atoms with Gasteiger partial charge < -0.3 is 9.47 Å². The van der Waals surface area contributed by atoms with E-state index in [1.54, 1.807) is 12.1 Å². The molecule has 2 aromatic carbocycles. The van der Waals surface area contributed by atoms with Crippen molar-refractivity contribution in [2.45, 2.75) is 6.61 Å². The minimum atomic E-state index is -0.416. The van der Waals surface area contributed by atoms with Gasteiger partial charge in [0.25, 0.3) is 0 Å². The highest BCUT2D eigenvalue weighted by Gasteiger charge is 2.18. The molecule has 5 heteroatoms. The topological polar surface area (TPSA) is 61.6 Å². The van der Waals surface area contributed by atoms with Crippen molar-refractivity contribution in [2.24, 2.45) is 0 Å². The molecular weight excluding hydrogens is 282 g/mol. The molecule has 0 N–H and O–H groups in total. The van der Waals surface area contributed by atoms with E-state index >= 15 is 0 Å². The summed E-state index contributed by atoms with van der Waals surface area (Å²) in [7, 11) is 0. The van der Waals surface area contributed by atoms with Gasteiger partial charge in [0, 0.05) is 6.07 Å². The van der Waals surface area contributed by atoms with Crippen molar-refractivity contribution >= 4 is 11.3 Å². The van der Waals surface area contributed by atoms with Crippen molar-refractivity contribution in [2.75, 3.05) is 13.2 Å². The van der Waals surface area contributed by atoms with Crippen molar-refractivity contribution in [3.63, 3.8) is 0 Å². The first kappa shape index (κ1) is 14.3. The van der Waals surface area contributed by atoms with E-state index in [1.807, 2.05) is 42.5 Å². The lowest BCUT2D eigenvalue weighted by Crippen LogP contribution is -2.00. The van der Waals surface area contributed by atoms with E-state index in [1.165, 1.54) is 0 Å². The quantitative estimate of drug-likeness (QED) is 0.625. The standard InChI is InChI=1S/C17H15NO4/c19-18(20)16-10-14(15-8-9-21-12-15)6-7-17(16)22-11-13-4-2-1-3-5-13/h1-8,10H,9,11-12H2. The van der Waals surface area contributed by atoms with Crippen LogP contribution in [0.1, 0.15) is 11.1 Å². The van der Waals surface area contributed by atoms with Crippen LogP contribution in [0.3, 0.4) is 0 Å². The number of nitrogens with zero attached hydrogens (tertiary/aromatic N) is 1. The Morgan fingerprint density at radius 1 is 1.18 bits per heavy atom. The zero-order valence-electron chi connectivity index (χ0n) is 11.9. The van der Waals surface area contributed by atoms with E-state index in [4.69, 9.17) is 9.47 Å². The van der Waals surface area contributed by atoms with Gasteiger partial charge >= 0.3 is 5.69 Å². The van der Waals surface area contributed by atoms with Crippen LogP contribution in [0, 0.1) is 10.1 Å². The molecule has 0 fully saturated rings. The molecule has 0 saturated heterocycles. The van der Waals surface area contributed by atoms with Crippen LogP contribution in [0.4, 0.5) is 5.69 Å². The first-order chi connectivity index (χ1) is 10.7. The molecule has 0 saturated carbocycles. The molecule has 0 bridgehead atoms. The second-order valence-electron chi connectivity index (χ2n) is 4.96. The van der Waals surface area contributed by atoms with Crippen LogP contribution in [0.25, 0.3) is 5.57 Å². The van der Waals surface area contributed by atoms with E-state index in [0.717, 1.165) is 16.7 Å². The highest BCUT2D eigenvalue weighted by molar-refractivity contribution is 5.71. The minimum absolute atomic E-state index is 0.0266. The van der Waals surface area contributed by atoms with Gasteiger partial charge in [-0.05, 0) is 22.8 Å². The molecule has 1 aliphatic heterocycles. The van der Waals surface area contributed by atoms with E-state index in [-0.39, 0.29) is 11.4 Å². The summed E-state index contributed by atoms with van der Waals surface area (Å²) >= 11 is 0. The van der Waals surface area contributed by atoms with Crippen molar-refractivity contribution < 1.29 is 14.4 Å². The molecule has 0 aromatic heterocycles. The van der Waals surface area contributed by atoms with Gasteiger partial charge in [0.1, 0.15) is 6.61 Å². The van der Waals surface area contributed by atoms with E-state index < -0.39 is 4.92 Å². The molecule has 0 unspecified atom stereocenters. The summed E-state index contributed by atoms with van der Waals surface area (Å²) in [5.74, 6) is 0.275. The number of hydrogen-bond acceptors (Lipinski definition) is 4. The van der Waals surface area contributed by atoms with Gasteiger partial charge in [-0.1, -0.05) is 42.5 Å². The number of rotatable bonds is 5. The molecule has 5 nitrogen and oxygen atoms in total. The third-order valence-corrected chi connectivity index (χ3v) is 3.47. The summed E-state index contributed by atoms with van der Waals surface area (Å²) in [6, 6.07) is 14.6. The van der Waals surface area contributed by atoms with Crippen LogP contribution >= 0.6 is 0 Å². The summed E-state index contributed by atoms with van der Waals surface area (Å²) in [5.41, 5.74) is 2.71. The van der Waals surface area contributed by atoms with E-state index in [0.29, 0.717) is 19.8 Å². The maximum Gasteiger partial charge on any atom is 0.311 e. The Kier molecular flexibility index (Phi) is 4.16. The third kappa shape index (κ3) is 3.15. The van der Waals surface area contributed by atoms with E-state index in [9.17, 15) is 10.1 Å². The van der Waals surface area contributed by atoms with Gasteiger partial charge in [0.2, 0.25) is 0 Å². The molecule has 0 atom stereocenters. The fourth-order valence-electron chi connectivity index (χ4n) is 2.31. The van der Waals surface area contributed by atoms with Gasteiger partial charge in [0.15, 0.2) is 5.75 Å². The zero-order chi connectivity index (χ0) is 15.4. The predicted molar refractivity (Wildman–Crippen MR) is 82.7 cm³/mol. The number of nitro benzene ring substituents is 1. The zero-order valence-corrected chi connectivity index (χ0v) is 11.9. The predicted octanol–water partition coefficient (Wildman–Crippen LogP) is 3.59. The molecule has 0 amide bonds. The largest absolute Gasteiger partial charge is 0.482 e. The molecule has 0 radical (unpaired) electrons. The smallest absolute Gasteiger partial charge is 0.311 e. The Hall–Kier alpha value is -2.66. The summed E-state index contributed by atoms with van der Waals surface area (Å²) in [6.07, 6.45) is 1.93. The minimum Gasteiger partial charge on any atom is -0.482 e. The van der Waals surface area contributed by atoms with Gasteiger partial charge in [-0.15, -0.1) is 0 Å². The molecule has 1 heterocycles. The van der Waals surface area contributed by atoms with Gasteiger partial charge in [-0.2, -0.15) is 0 Å². The molecule has 0 aliphatic carbocycles. The lowest BCUT2D eigenvalue weighted by molar-refractivity contribution is -0.386. The Balaban J connectivity index is 1.82. The lowest BCUT2D eigenvalue weighted by Gasteiger charge is -2.09. The highest BCUT2D eigenvalue weighted by Crippen LogP contribution is 2.32. The van der Waals surface area contributed by atoms with Crippen LogP contribution < -0.4 is 4.74 Å². The Bertz CT molecular complexity index is 710. The van der Waals surface area contributed by atoms with E-state index in [2.05, 4.69) is 0 Å². The molecular formula is C17H15NO4. The number of nitro groups is 1. The first-order valence-electron chi connectivity index (χ1n) is 6.96. The number of ether oxygens (including phenoxy) is 2. The maximum atomic E-state index is 11.3. The van der Waals surface area contributed by atoms with Crippen LogP contribution in [0.2, 0.25) is 0 Å². The Morgan fingerprint density at radius 3 is 2.68 bits per heavy atom. The fourth-order valence-corrected chi connectivity index (χ4v) is 2.31. The summed E-state index contributed by atoms with van der Waals surface area (Å²) in [5, 5.41) is 11.3. The second kappa shape index (κ2) is 6.41. The molecule has 22 heavy (non-hydrogen) atoms. The molecule has 112 valence electrons. The highest BCUT2D eigenvalue weighted by atomic mass is 16.6. The van der Waals surface area contributed by atoms with Gasteiger partial charge in [-0.3, -0.25) is 10.1 Å². The van der Waals surface area contributed by atoms with Crippen molar-refractivity contribution in [1.82, 2.24) is 0 Å². The summed E-state index contributed by atoms with van der Waals surface area (Å²) in [4.78, 5) is 10.9. The Labute approximate surface area is 127 Å². The average Bonchev–Trinajstić information content (AvgIpc) is 3.08. The average molecular weight is 297 g/mol. The van der Waals surface area contributed by atoms with Crippen LogP contribution in [0.15, 0.2) is 54.6 Å². The van der Waals surface area contributed by atoms with Crippen LogP contribution in [-0.2, 0) is 11.3 Å². The molecule has 3 rings (SSSR count). The van der Waals surface area contributed by atoms with Crippen molar-refractivity contribution in [3.05, 3.63) is 75.8 Å². The van der Waals surface area contributed by atoms with Gasteiger partial charge in [-0.25, -0.2) is 0 Å². The van der Waals surface area contributed by atoms with Crippen molar-refractivity contribution in [1.29, 1.82) is 0 Å². The fraction of sp³-hybridized carbons (Fsp3) is 0.176. The SMILES string of the molecule is O=[N+]([O-])c1cc(C2=CCOC2)ccc1OCc1ccccc1. The number of benzene rings is 2. The normalized spacial score (nSPS) is 13.7. The molecule has 0 spiro atoms. The molecule has 2 aromatic rings. The summed E-state index contributed by atoms with van der Waals surface area (Å²) in [6.45, 7) is 1.34. The second-order valence-corrected chi connectivity index (χ2v) is 4.96. The Morgan fingerprint density at radius 2 is 2.00 bits per heavy atom. The summed E-state index contributed by atoms with van der Waals surface area (Å²) < 4.78 is 10.9. The third-order valence-electron chi connectivity index (χ3n) is 3.47. The lowest BCUT2D eigenvalue weighted by atomic mass is 10.1. The number of hydrogen-bond donors (Lipinski definition) is 0. The van der Waals surface area contributed by atoms with Crippen LogP contribution in [0.5, 0.6) is 5.75 Å². The monoisotopic (exact) mass is 297 g/mol. The molecule has 1 aliphatic rings. The van der Waals surface area contributed by atoms with Crippen molar-refractivity contribution in [3.8, 4) is 5.75 Å². The first-order valence-corrected chi connectivity index (χ1v) is 6.96.